The quantitative estimate of drug-likeness (QED) is 0.872. The normalized spacial score (nSPS) is 13.4. The van der Waals surface area contributed by atoms with Crippen LogP contribution in [0.5, 0.6) is 0 Å². The van der Waals surface area contributed by atoms with Crippen molar-refractivity contribution in [1.82, 2.24) is 10.3 Å². The molecule has 2 rings (SSSR count). The van der Waals surface area contributed by atoms with Crippen LogP contribution in [0.25, 0.3) is 0 Å². The number of aromatic nitrogens is 1. The van der Waals surface area contributed by atoms with Crippen molar-refractivity contribution in [3.05, 3.63) is 65.5 Å². The van der Waals surface area contributed by atoms with Gasteiger partial charge in [-0.05, 0) is 42.3 Å². The Labute approximate surface area is 118 Å². The summed E-state index contributed by atoms with van der Waals surface area (Å²) in [5.41, 5.74) is 2.59. The Balaban J connectivity index is 1.91. The van der Waals surface area contributed by atoms with E-state index in [1.54, 1.807) is 36.7 Å². The number of pyridine rings is 1. The molecule has 0 aliphatic carbocycles. The maximum Gasteiger partial charge on any atom is 0.0991 e. The molecule has 0 bridgehead atoms. The van der Waals surface area contributed by atoms with Gasteiger partial charge in [0.05, 0.1) is 17.7 Å². The van der Waals surface area contributed by atoms with Crippen LogP contribution in [0.3, 0.4) is 0 Å². The highest BCUT2D eigenvalue weighted by molar-refractivity contribution is 5.32. The van der Waals surface area contributed by atoms with Crippen molar-refractivity contribution in [2.24, 2.45) is 0 Å². The van der Waals surface area contributed by atoms with Gasteiger partial charge in [-0.2, -0.15) is 5.26 Å². The number of nitrogens with zero attached hydrogens (tertiary/aromatic N) is 2. The van der Waals surface area contributed by atoms with Gasteiger partial charge in [-0.1, -0.05) is 12.1 Å². The molecule has 0 amide bonds. The number of benzene rings is 1. The summed E-state index contributed by atoms with van der Waals surface area (Å²) in [7, 11) is 0. The van der Waals surface area contributed by atoms with E-state index in [0.29, 0.717) is 12.1 Å². The third-order valence-corrected chi connectivity index (χ3v) is 3.25. The van der Waals surface area contributed by atoms with Crippen molar-refractivity contribution in [3.8, 4) is 6.07 Å². The fourth-order valence-electron chi connectivity index (χ4n) is 1.96. The first-order chi connectivity index (χ1) is 9.70. The second-order valence-electron chi connectivity index (χ2n) is 4.66. The summed E-state index contributed by atoms with van der Waals surface area (Å²) < 4.78 is 0. The molecule has 20 heavy (non-hydrogen) atoms. The summed E-state index contributed by atoms with van der Waals surface area (Å²) in [5, 5.41) is 22.1. The fraction of sp³-hybridized carbons (Fsp3) is 0.250. The number of nitrogens with one attached hydrogen (secondary N) is 1. The van der Waals surface area contributed by atoms with Gasteiger partial charge in [-0.3, -0.25) is 4.98 Å². The lowest BCUT2D eigenvalue weighted by Crippen LogP contribution is -2.24. The highest BCUT2D eigenvalue weighted by Gasteiger charge is 2.10. The van der Waals surface area contributed by atoms with E-state index in [-0.39, 0.29) is 6.04 Å². The van der Waals surface area contributed by atoms with Crippen LogP contribution in [-0.2, 0) is 0 Å². The summed E-state index contributed by atoms with van der Waals surface area (Å²) in [6, 6.07) is 13.3. The lowest BCUT2D eigenvalue weighted by molar-refractivity contribution is 0.170. The monoisotopic (exact) mass is 267 g/mol. The summed E-state index contributed by atoms with van der Waals surface area (Å²) in [4.78, 5) is 3.93. The van der Waals surface area contributed by atoms with E-state index in [4.69, 9.17) is 5.26 Å². The molecule has 2 N–H and O–H groups in total. The Morgan fingerprint density at radius 3 is 2.40 bits per heavy atom. The lowest BCUT2D eigenvalue weighted by atomic mass is 10.1. The van der Waals surface area contributed by atoms with E-state index < -0.39 is 6.10 Å². The molecule has 0 spiro atoms. The maximum absolute atomic E-state index is 10.1. The van der Waals surface area contributed by atoms with Gasteiger partial charge in [0.15, 0.2) is 0 Å². The number of hydrogen-bond donors (Lipinski definition) is 2. The molecular weight excluding hydrogens is 250 g/mol. The predicted molar refractivity (Wildman–Crippen MR) is 76.8 cm³/mol. The standard InChI is InChI=1S/C16H17N3O/c1-12(14-4-2-13(10-17)3-5-14)19-11-16(20)15-6-8-18-9-7-15/h2-9,12,16,19-20H,11H2,1H3/t12-,16-/m1/s1. The van der Waals surface area contributed by atoms with Crippen LogP contribution in [0.4, 0.5) is 0 Å². The first kappa shape index (κ1) is 14.2. The molecule has 2 atom stereocenters. The molecule has 0 aliphatic heterocycles. The van der Waals surface area contributed by atoms with Gasteiger partial charge >= 0.3 is 0 Å². The fourth-order valence-corrected chi connectivity index (χ4v) is 1.96. The molecule has 4 nitrogen and oxygen atoms in total. The molecule has 1 aromatic heterocycles. The van der Waals surface area contributed by atoms with E-state index in [1.165, 1.54) is 0 Å². The van der Waals surface area contributed by atoms with Gasteiger partial charge in [-0.15, -0.1) is 0 Å². The van der Waals surface area contributed by atoms with Gasteiger partial charge < -0.3 is 10.4 Å². The van der Waals surface area contributed by atoms with Crippen LogP contribution in [-0.4, -0.2) is 16.6 Å². The molecular formula is C16H17N3O. The first-order valence-electron chi connectivity index (χ1n) is 6.52. The zero-order valence-corrected chi connectivity index (χ0v) is 11.3. The zero-order valence-electron chi connectivity index (χ0n) is 11.3. The number of aliphatic hydroxyl groups is 1. The third kappa shape index (κ3) is 3.64. The Morgan fingerprint density at radius 2 is 1.80 bits per heavy atom. The summed E-state index contributed by atoms with van der Waals surface area (Å²) >= 11 is 0. The Morgan fingerprint density at radius 1 is 1.15 bits per heavy atom. The van der Waals surface area contributed by atoms with Crippen LogP contribution in [0, 0.1) is 11.3 Å². The zero-order chi connectivity index (χ0) is 14.4. The molecule has 4 heteroatoms. The van der Waals surface area contributed by atoms with Gasteiger partial charge in [0.2, 0.25) is 0 Å². The average molecular weight is 267 g/mol. The first-order valence-corrected chi connectivity index (χ1v) is 6.52. The molecule has 0 fully saturated rings. The molecule has 0 saturated heterocycles. The van der Waals surface area contributed by atoms with E-state index in [2.05, 4.69) is 16.4 Å². The van der Waals surface area contributed by atoms with Crippen LogP contribution >= 0.6 is 0 Å². The third-order valence-electron chi connectivity index (χ3n) is 3.25. The highest BCUT2D eigenvalue weighted by Crippen LogP contribution is 2.15. The Bertz CT molecular complexity index is 575. The maximum atomic E-state index is 10.1. The number of nitriles is 1. The summed E-state index contributed by atoms with van der Waals surface area (Å²) in [6.07, 6.45) is 2.78. The van der Waals surface area contributed by atoms with Crippen molar-refractivity contribution in [2.45, 2.75) is 19.1 Å². The second-order valence-corrected chi connectivity index (χ2v) is 4.66. The van der Waals surface area contributed by atoms with Crippen molar-refractivity contribution in [3.63, 3.8) is 0 Å². The minimum Gasteiger partial charge on any atom is -0.387 e. The van der Waals surface area contributed by atoms with Crippen LogP contribution in [0.1, 0.15) is 35.8 Å². The van der Waals surface area contributed by atoms with E-state index in [1.807, 2.05) is 19.1 Å². The molecule has 1 aromatic carbocycles. The van der Waals surface area contributed by atoms with Crippen LogP contribution in [0.15, 0.2) is 48.8 Å². The lowest BCUT2D eigenvalue weighted by Gasteiger charge is -2.17. The largest absolute Gasteiger partial charge is 0.387 e. The number of rotatable bonds is 5. The Hall–Kier alpha value is -2.22. The van der Waals surface area contributed by atoms with Gasteiger partial charge in [0, 0.05) is 25.0 Å². The SMILES string of the molecule is C[C@@H](NC[C@@H](O)c1ccncc1)c1ccc(C#N)cc1. The summed E-state index contributed by atoms with van der Waals surface area (Å²) in [6.45, 7) is 2.49. The van der Waals surface area contributed by atoms with E-state index in [0.717, 1.165) is 11.1 Å². The van der Waals surface area contributed by atoms with Crippen molar-refractivity contribution >= 4 is 0 Å². The number of aliphatic hydroxyl groups excluding tert-OH is 1. The predicted octanol–water partition coefficient (Wildman–Crippen LogP) is 2.34. The average Bonchev–Trinajstić information content (AvgIpc) is 2.53. The minimum atomic E-state index is -0.557. The molecule has 2 aromatic rings. The topological polar surface area (TPSA) is 68.9 Å². The van der Waals surface area contributed by atoms with Gasteiger partial charge in [0.1, 0.15) is 0 Å². The summed E-state index contributed by atoms with van der Waals surface area (Å²) in [5.74, 6) is 0. The highest BCUT2D eigenvalue weighted by atomic mass is 16.3. The van der Waals surface area contributed by atoms with Gasteiger partial charge in [-0.25, -0.2) is 0 Å². The molecule has 0 aliphatic rings. The van der Waals surface area contributed by atoms with E-state index in [9.17, 15) is 5.11 Å². The molecule has 0 unspecified atom stereocenters. The molecule has 0 radical (unpaired) electrons. The van der Waals surface area contributed by atoms with Crippen molar-refractivity contribution in [2.75, 3.05) is 6.54 Å². The Kier molecular flexibility index (Phi) is 4.83. The second kappa shape index (κ2) is 6.80. The van der Waals surface area contributed by atoms with Crippen LogP contribution < -0.4 is 5.32 Å². The number of hydrogen-bond acceptors (Lipinski definition) is 4. The van der Waals surface area contributed by atoms with Crippen LogP contribution in [0.2, 0.25) is 0 Å². The van der Waals surface area contributed by atoms with Crippen molar-refractivity contribution < 1.29 is 5.11 Å². The molecule has 0 saturated carbocycles. The minimum absolute atomic E-state index is 0.110. The van der Waals surface area contributed by atoms with Crippen molar-refractivity contribution in [1.29, 1.82) is 5.26 Å². The van der Waals surface area contributed by atoms with E-state index >= 15 is 0 Å². The van der Waals surface area contributed by atoms with Gasteiger partial charge in [0.25, 0.3) is 0 Å². The molecule has 1 heterocycles. The molecule has 102 valence electrons. The smallest absolute Gasteiger partial charge is 0.0991 e.